The average molecular weight is 302 g/mol. The van der Waals surface area contributed by atoms with Crippen LogP contribution in [-0.2, 0) is 4.79 Å². The largest absolute Gasteiger partial charge is 0.342 e. The van der Waals surface area contributed by atoms with Crippen molar-refractivity contribution in [3.8, 4) is 0 Å². The zero-order valence-electron chi connectivity index (χ0n) is 11.0. The minimum absolute atomic E-state index is 0. The maximum absolute atomic E-state index is 12.1. The smallest absolute Gasteiger partial charge is 0.232 e. The summed E-state index contributed by atoms with van der Waals surface area (Å²) in [6.45, 7) is 2.03. The first-order valence-corrected chi connectivity index (χ1v) is 7.25. The van der Waals surface area contributed by atoms with Crippen molar-refractivity contribution in [3.05, 3.63) is 24.5 Å². The highest BCUT2D eigenvalue weighted by Gasteiger charge is 2.21. The van der Waals surface area contributed by atoms with E-state index in [9.17, 15) is 4.79 Å². The van der Waals surface area contributed by atoms with Gasteiger partial charge in [0.15, 0.2) is 0 Å². The van der Waals surface area contributed by atoms with Gasteiger partial charge in [0.05, 0.1) is 5.75 Å². The third-order valence-corrected chi connectivity index (χ3v) is 4.26. The summed E-state index contributed by atoms with van der Waals surface area (Å²) < 4.78 is 0. The number of nitrogens with one attached hydrogen (secondary N) is 1. The summed E-state index contributed by atoms with van der Waals surface area (Å²) in [7, 11) is 1.92. The van der Waals surface area contributed by atoms with Gasteiger partial charge in [0.25, 0.3) is 0 Å². The molecule has 4 nitrogen and oxygen atoms in total. The molecule has 0 bridgehead atoms. The summed E-state index contributed by atoms with van der Waals surface area (Å²) in [4.78, 5) is 19.1. The summed E-state index contributed by atoms with van der Waals surface area (Å²) in [6, 6.07) is 4.27. The van der Waals surface area contributed by atoms with Gasteiger partial charge in [0.2, 0.25) is 5.91 Å². The number of hydrogen-bond donors (Lipinski definition) is 1. The van der Waals surface area contributed by atoms with Crippen LogP contribution in [0.5, 0.6) is 0 Å². The molecule has 0 unspecified atom stereocenters. The normalized spacial score (nSPS) is 15.6. The molecule has 1 amide bonds. The molecule has 2 rings (SSSR count). The molecule has 106 valence electrons. The summed E-state index contributed by atoms with van der Waals surface area (Å²) in [5.74, 6) is 0.716. The molecule has 1 aromatic rings. The van der Waals surface area contributed by atoms with E-state index >= 15 is 0 Å². The lowest BCUT2D eigenvalue weighted by Crippen LogP contribution is -2.44. The Hall–Kier alpha value is -0.780. The lowest BCUT2D eigenvalue weighted by Gasteiger charge is -2.31. The molecule has 1 aromatic heterocycles. The lowest BCUT2D eigenvalue weighted by molar-refractivity contribution is -0.129. The highest BCUT2D eigenvalue weighted by Crippen LogP contribution is 2.18. The van der Waals surface area contributed by atoms with Crippen LogP contribution in [0.1, 0.15) is 12.8 Å². The van der Waals surface area contributed by atoms with Gasteiger partial charge in [-0.2, -0.15) is 0 Å². The fourth-order valence-corrected chi connectivity index (χ4v) is 2.89. The number of thioether (sulfide) groups is 1. The van der Waals surface area contributed by atoms with Crippen LogP contribution in [0.4, 0.5) is 0 Å². The van der Waals surface area contributed by atoms with Crippen molar-refractivity contribution >= 4 is 30.1 Å². The molecule has 0 aromatic carbocycles. The summed E-state index contributed by atoms with van der Waals surface area (Å²) in [5.41, 5.74) is 0. The van der Waals surface area contributed by atoms with Crippen molar-refractivity contribution in [2.45, 2.75) is 23.8 Å². The Labute approximate surface area is 124 Å². The van der Waals surface area contributed by atoms with Crippen LogP contribution in [0.15, 0.2) is 29.4 Å². The van der Waals surface area contributed by atoms with Crippen LogP contribution in [0, 0.1) is 0 Å². The molecule has 1 N–H and O–H groups in total. The maximum atomic E-state index is 12.1. The molecule has 1 fully saturated rings. The zero-order valence-corrected chi connectivity index (χ0v) is 12.7. The van der Waals surface area contributed by atoms with Crippen molar-refractivity contribution in [1.82, 2.24) is 15.2 Å². The van der Waals surface area contributed by atoms with E-state index in [-0.39, 0.29) is 18.3 Å². The number of pyridine rings is 1. The van der Waals surface area contributed by atoms with Crippen molar-refractivity contribution in [3.63, 3.8) is 0 Å². The summed E-state index contributed by atoms with van der Waals surface area (Å²) >= 11 is 1.57. The predicted octanol–water partition coefficient (Wildman–Crippen LogP) is 1.81. The van der Waals surface area contributed by atoms with E-state index in [1.165, 1.54) is 0 Å². The number of halogens is 1. The van der Waals surface area contributed by atoms with Crippen LogP contribution in [0.25, 0.3) is 0 Å². The van der Waals surface area contributed by atoms with E-state index in [4.69, 9.17) is 0 Å². The number of carbonyl (C=O) groups excluding carboxylic acids is 1. The fourth-order valence-electron chi connectivity index (χ4n) is 2.08. The minimum atomic E-state index is 0. The van der Waals surface area contributed by atoms with Gasteiger partial charge in [-0.1, -0.05) is 0 Å². The van der Waals surface area contributed by atoms with Gasteiger partial charge in [0, 0.05) is 30.4 Å². The Morgan fingerprint density at radius 2 is 2.05 bits per heavy atom. The SMILES string of the molecule is CN(C(=O)CSc1ccncc1)C1CCNCC1.Cl. The molecule has 6 heteroatoms. The second-order valence-corrected chi connectivity index (χ2v) is 5.51. The number of amides is 1. The standard InChI is InChI=1S/C13H19N3OS.ClH/c1-16(11-2-6-14-7-3-11)13(17)10-18-12-4-8-15-9-5-12;/h4-5,8-9,11,14H,2-3,6-7,10H2,1H3;1H. The first-order chi connectivity index (χ1) is 8.77. The van der Waals surface area contributed by atoms with Crippen molar-refractivity contribution < 1.29 is 4.79 Å². The monoisotopic (exact) mass is 301 g/mol. The van der Waals surface area contributed by atoms with Crippen LogP contribution in [0.2, 0.25) is 0 Å². The first kappa shape index (κ1) is 16.3. The highest BCUT2D eigenvalue weighted by molar-refractivity contribution is 8.00. The van der Waals surface area contributed by atoms with Gasteiger partial charge in [-0.25, -0.2) is 0 Å². The number of rotatable bonds is 4. The maximum Gasteiger partial charge on any atom is 0.232 e. The molecule has 0 spiro atoms. The van der Waals surface area contributed by atoms with E-state index in [0.29, 0.717) is 11.8 Å². The molecule has 0 atom stereocenters. The average Bonchev–Trinajstić information content (AvgIpc) is 2.46. The molecule has 0 radical (unpaired) electrons. The van der Waals surface area contributed by atoms with Gasteiger partial charge in [-0.15, -0.1) is 24.2 Å². The van der Waals surface area contributed by atoms with Crippen molar-refractivity contribution in [2.75, 3.05) is 25.9 Å². The van der Waals surface area contributed by atoms with E-state index in [1.807, 2.05) is 24.1 Å². The van der Waals surface area contributed by atoms with E-state index in [0.717, 1.165) is 30.8 Å². The Morgan fingerprint density at radius 3 is 2.68 bits per heavy atom. The number of hydrogen-bond acceptors (Lipinski definition) is 4. The predicted molar refractivity (Wildman–Crippen MR) is 80.9 cm³/mol. The van der Waals surface area contributed by atoms with Gasteiger partial charge in [0.1, 0.15) is 0 Å². The van der Waals surface area contributed by atoms with E-state index < -0.39 is 0 Å². The minimum Gasteiger partial charge on any atom is -0.342 e. The molecular weight excluding hydrogens is 282 g/mol. The highest BCUT2D eigenvalue weighted by atomic mass is 35.5. The number of carbonyl (C=O) groups is 1. The fraction of sp³-hybridized carbons (Fsp3) is 0.538. The third-order valence-electron chi connectivity index (χ3n) is 3.26. The van der Waals surface area contributed by atoms with Crippen molar-refractivity contribution in [2.24, 2.45) is 0 Å². The van der Waals surface area contributed by atoms with Crippen molar-refractivity contribution in [1.29, 1.82) is 0 Å². The quantitative estimate of drug-likeness (QED) is 0.862. The molecule has 1 aliphatic rings. The molecule has 1 aliphatic heterocycles. The topological polar surface area (TPSA) is 45.2 Å². The lowest BCUT2D eigenvalue weighted by atomic mass is 10.1. The first-order valence-electron chi connectivity index (χ1n) is 6.26. The summed E-state index contributed by atoms with van der Waals surface area (Å²) in [5, 5.41) is 3.32. The van der Waals surface area contributed by atoms with E-state index in [1.54, 1.807) is 24.2 Å². The van der Waals surface area contributed by atoms with Crippen LogP contribution in [-0.4, -0.2) is 47.7 Å². The van der Waals surface area contributed by atoms with Crippen LogP contribution in [0.3, 0.4) is 0 Å². The van der Waals surface area contributed by atoms with Gasteiger partial charge >= 0.3 is 0 Å². The third kappa shape index (κ3) is 5.01. The Morgan fingerprint density at radius 1 is 1.42 bits per heavy atom. The van der Waals surface area contributed by atoms with Crippen LogP contribution >= 0.6 is 24.2 Å². The van der Waals surface area contributed by atoms with Gasteiger partial charge in [-0.3, -0.25) is 9.78 Å². The van der Waals surface area contributed by atoms with Gasteiger partial charge < -0.3 is 10.2 Å². The molecule has 0 aliphatic carbocycles. The number of nitrogens with zero attached hydrogens (tertiary/aromatic N) is 2. The second kappa shape index (κ2) is 8.40. The summed E-state index contributed by atoms with van der Waals surface area (Å²) in [6.07, 6.45) is 5.62. The Balaban J connectivity index is 0.00000180. The molecule has 19 heavy (non-hydrogen) atoms. The number of piperidine rings is 1. The van der Waals surface area contributed by atoms with E-state index in [2.05, 4.69) is 10.3 Å². The zero-order chi connectivity index (χ0) is 12.8. The van der Waals surface area contributed by atoms with Gasteiger partial charge in [-0.05, 0) is 38.1 Å². The Bertz CT molecular complexity index is 385. The Kier molecular flexibility index (Phi) is 7.20. The number of aromatic nitrogens is 1. The molecule has 1 saturated heterocycles. The molecule has 0 saturated carbocycles. The molecule has 2 heterocycles. The molecular formula is C13H20ClN3OS. The van der Waals surface area contributed by atoms with Crippen LogP contribution < -0.4 is 5.32 Å². The second-order valence-electron chi connectivity index (χ2n) is 4.46.